The van der Waals surface area contributed by atoms with Crippen LogP contribution in [0, 0.1) is 0 Å². The fraction of sp³-hybridized carbons (Fsp3) is 0.316. The van der Waals surface area contributed by atoms with Crippen LogP contribution in [0.4, 0.5) is 0 Å². The van der Waals surface area contributed by atoms with Crippen LogP contribution in [0.5, 0.6) is 0 Å². The second-order valence-corrected chi connectivity index (χ2v) is 5.61. The van der Waals surface area contributed by atoms with Crippen LogP contribution < -0.4 is 5.32 Å². The van der Waals surface area contributed by atoms with Gasteiger partial charge in [-0.05, 0) is 24.1 Å². The first-order valence-electron chi connectivity index (χ1n) is 8.07. The molecule has 2 aromatic carbocycles. The Labute approximate surface area is 132 Å². The maximum Gasteiger partial charge on any atom is 0.123 e. The molecule has 0 bridgehead atoms. The Bertz CT molecular complexity index is 716. The number of unbranched alkanes of at least 4 members (excludes halogenated alkanes) is 1. The second kappa shape index (κ2) is 7.23. The van der Waals surface area contributed by atoms with Crippen molar-refractivity contribution < 1.29 is 0 Å². The van der Waals surface area contributed by atoms with E-state index in [1.807, 2.05) is 6.07 Å². The van der Waals surface area contributed by atoms with Crippen molar-refractivity contribution in [3.05, 3.63) is 66.0 Å². The molecule has 0 amide bonds. The molecule has 0 aliphatic carbocycles. The Morgan fingerprint density at radius 3 is 2.55 bits per heavy atom. The van der Waals surface area contributed by atoms with Crippen LogP contribution in [0.2, 0.25) is 0 Å². The molecule has 0 unspecified atom stereocenters. The Kier molecular flexibility index (Phi) is 4.86. The van der Waals surface area contributed by atoms with Crippen molar-refractivity contribution in [2.45, 2.75) is 39.4 Å². The van der Waals surface area contributed by atoms with Crippen LogP contribution in [-0.4, -0.2) is 9.55 Å². The fourth-order valence-corrected chi connectivity index (χ4v) is 2.74. The number of rotatable bonds is 7. The molecule has 3 rings (SSSR count). The number of benzene rings is 2. The van der Waals surface area contributed by atoms with E-state index in [0.29, 0.717) is 0 Å². The van der Waals surface area contributed by atoms with Crippen LogP contribution in [-0.2, 0) is 19.6 Å². The molecule has 0 saturated heterocycles. The van der Waals surface area contributed by atoms with Crippen LogP contribution in [0.25, 0.3) is 11.0 Å². The Morgan fingerprint density at radius 1 is 0.955 bits per heavy atom. The summed E-state index contributed by atoms with van der Waals surface area (Å²) in [5.41, 5.74) is 3.64. The van der Waals surface area contributed by atoms with Crippen molar-refractivity contribution in [3.8, 4) is 0 Å². The Morgan fingerprint density at radius 2 is 1.73 bits per heavy atom. The summed E-state index contributed by atoms with van der Waals surface area (Å²) in [6.07, 6.45) is 2.38. The largest absolute Gasteiger partial charge is 0.327 e. The molecule has 3 nitrogen and oxygen atoms in total. The average molecular weight is 293 g/mol. The summed E-state index contributed by atoms with van der Waals surface area (Å²) in [6, 6.07) is 18.9. The first-order chi connectivity index (χ1) is 10.9. The van der Waals surface area contributed by atoms with Crippen molar-refractivity contribution in [1.29, 1.82) is 0 Å². The summed E-state index contributed by atoms with van der Waals surface area (Å²) in [4.78, 5) is 4.80. The molecular weight excluding hydrogens is 270 g/mol. The van der Waals surface area contributed by atoms with Gasteiger partial charge in [-0.2, -0.15) is 0 Å². The number of aryl methyl sites for hydroxylation is 1. The van der Waals surface area contributed by atoms with Gasteiger partial charge in [0, 0.05) is 13.1 Å². The van der Waals surface area contributed by atoms with E-state index in [9.17, 15) is 0 Å². The summed E-state index contributed by atoms with van der Waals surface area (Å²) in [5, 5.41) is 3.51. The molecule has 0 fully saturated rings. The van der Waals surface area contributed by atoms with E-state index < -0.39 is 0 Å². The van der Waals surface area contributed by atoms with Crippen LogP contribution in [0.1, 0.15) is 31.2 Å². The van der Waals surface area contributed by atoms with E-state index in [-0.39, 0.29) is 0 Å². The van der Waals surface area contributed by atoms with Crippen molar-refractivity contribution in [2.24, 2.45) is 0 Å². The lowest BCUT2D eigenvalue weighted by atomic mass is 10.2. The quantitative estimate of drug-likeness (QED) is 0.710. The van der Waals surface area contributed by atoms with Gasteiger partial charge in [0.1, 0.15) is 5.82 Å². The molecule has 3 heteroatoms. The number of hydrogen-bond donors (Lipinski definition) is 1. The maximum atomic E-state index is 4.80. The molecule has 0 saturated carbocycles. The Hall–Kier alpha value is -2.13. The van der Waals surface area contributed by atoms with E-state index >= 15 is 0 Å². The van der Waals surface area contributed by atoms with Crippen LogP contribution in [0.3, 0.4) is 0 Å². The van der Waals surface area contributed by atoms with Gasteiger partial charge in [-0.1, -0.05) is 55.8 Å². The first kappa shape index (κ1) is 14.8. The lowest BCUT2D eigenvalue weighted by Crippen LogP contribution is -2.17. The van der Waals surface area contributed by atoms with E-state index in [0.717, 1.165) is 31.0 Å². The summed E-state index contributed by atoms with van der Waals surface area (Å²) in [6.45, 7) is 4.94. The van der Waals surface area contributed by atoms with Crippen molar-refractivity contribution in [3.63, 3.8) is 0 Å². The summed E-state index contributed by atoms with van der Waals surface area (Å²) >= 11 is 0. The number of nitrogens with one attached hydrogen (secondary N) is 1. The van der Waals surface area contributed by atoms with Gasteiger partial charge in [-0.25, -0.2) is 4.98 Å². The fourth-order valence-electron chi connectivity index (χ4n) is 2.74. The van der Waals surface area contributed by atoms with Crippen molar-refractivity contribution in [2.75, 3.05) is 0 Å². The third kappa shape index (κ3) is 3.37. The average Bonchev–Trinajstić information content (AvgIpc) is 2.91. The maximum absolute atomic E-state index is 4.80. The predicted molar refractivity (Wildman–Crippen MR) is 91.6 cm³/mol. The highest BCUT2D eigenvalue weighted by atomic mass is 15.1. The lowest BCUT2D eigenvalue weighted by Gasteiger charge is -2.09. The highest BCUT2D eigenvalue weighted by Crippen LogP contribution is 2.17. The first-order valence-corrected chi connectivity index (χ1v) is 8.07. The molecule has 1 heterocycles. The third-order valence-electron chi connectivity index (χ3n) is 3.92. The minimum absolute atomic E-state index is 0.799. The number of para-hydroxylation sites is 2. The zero-order valence-electron chi connectivity index (χ0n) is 13.1. The SMILES string of the molecule is CCCCn1c(CNCc2ccccc2)nc2ccccc21. The minimum Gasteiger partial charge on any atom is -0.327 e. The van der Waals surface area contributed by atoms with E-state index in [4.69, 9.17) is 4.98 Å². The zero-order chi connectivity index (χ0) is 15.2. The smallest absolute Gasteiger partial charge is 0.123 e. The second-order valence-electron chi connectivity index (χ2n) is 5.61. The molecule has 0 aliphatic rings. The lowest BCUT2D eigenvalue weighted by molar-refractivity contribution is 0.580. The van der Waals surface area contributed by atoms with Gasteiger partial charge in [0.2, 0.25) is 0 Å². The standard InChI is InChI=1S/C19H23N3/c1-2-3-13-22-18-12-8-7-11-17(18)21-19(22)15-20-14-16-9-5-4-6-10-16/h4-12,20H,2-3,13-15H2,1H3. The summed E-state index contributed by atoms with van der Waals surface area (Å²) < 4.78 is 2.36. The number of hydrogen-bond acceptors (Lipinski definition) is 2. The van der Waals surface area contributed by atoms with E-state index in [1.165, 1.54) is 23.9 Å². The number of aromatic nitrogens is 2. The molecule has 1 aromatic heterocycles. The summed E-state index contributed by atoms with van der Waals surface area (Å²) in [5.74, 6) is 1.13. The number of fused-ring (bicyclic) bond motifs is 1. The monoisotopic (exact) mass is 293 g/mol. The molecule has 3 aromatic rings. The van der Waals surface area contributed by atoms with Gasteiger partial charge in [-0.3, -0.25) is 0 Å². The van der Waals surface area contributed by atoms with Gasteiger partial charge in [0.25, 0.3) is 0 Å². The molecule has 22 heavy (non-hydrogen) atoms. The molecular formula is C19H23N3. The molecule has 114 valence electrons. The van der Waals surface area contributed by atoms with Gasteiger partial charge in [-0.15, -0.1) is 0 Å². The molecule has 0 aliphatic heterocycles. The number of imidazole rings is 1. The molecule has 1 N–H and O–H groups in total. The van der Waals surface area contributed by atoms with Crippen molar-refractivity contribution in [1.82, 2.24) is 14.9 Å². The van der Waals surface area contributed by atoms with E-state index in [2.05, 4.69) is 65.3 Å². The minimum atomic E-state index is 0.799. The third-order valence-corrected chi connectivity index (χ3v) is 3.92. The highest BCUT2D eigenvalue weighted by molar-refractivity contribution is 5.75. The highest BCUT2D eigenvalue weighted by Gasteiger charge is 2.09. The van der Waals surface area contributed by atoms with Gasteiger partial charge in [0.15, 0.2) is 0 Å². The molecule has 0 spiro atoms. The summed E-state index contributed by atoms with van der Waals surface area (Å²) in [7, 11) is 0. The predicted octanol–water partition coefficient (Wildman–Crippen LogP) is 4.13. The topological polar surface area (TPSA) is 29.9 Å². The van der Waals surface area contributed by atoms with Crippen molar-refractivity contribution >= 4 is 11.0 Å². The van der Waals surface area contributed by atoms with Crippen LogP contribution in [0.15, 0.2) is 54.6 Å². The van der Waals surface area contributed by atoms with Gasteiger partial charge >= 0.3 is 0 Å². The molecule has 0 radical (unpaired) electrons. The normalized spacial score (nSPS) is 11.1. The number of nitrogens with zero attached hydrogens (tertiary/aromatic N) is 2. The van der Waals surface area contributed by atoms with Gasteiger partial charge in [0.05, 0.1) is 17.6 Å². The van der Waals surface area contributed by atoms with E-state index in [1.54, 1.807) is 0 Å². The van der Waals surface area contributed by atoms with Gasteiger partial charge < -0.3 is 9.88 Å². The van der Waals surface area contributed by atoms with Crippen LogP contribution >= 0.6 is 0 Å². The Balaban J connectivity index is 1.74. The molecule has 0 atom stereocenters. The zero-order valence-corrected chi connectivity index (χ0v) is 13.1.